The summed E-state index contributed by atoms with van der Waals surface area (Å²) >= 11 is 0. The third-order valence-electron chi connectivity index (χ3n) is 3.99. The van der Waals surface area contributed by atoms with Crippen molar-refractivity contribution in [2.45, 2.75) is 38.0 Å². The number of nitrogens with one attached hydrogen (secondary N) is 1. The highest BCUT2D eigenvalue weighted by Gasteiger charge is 2.43. The van der Waals surface area contributed by atoms with Crippen molar-refractivity contribution in [3.63, 3.8) is 0 Å². The van der Waals surface area contributed by atoms with E-state index in [1.807, 2.05) is 31.3 Å². The van der Waals surface area contributed by atoms with Gasteiger partial charge in [-0.1, -0.05) is 25.1 Å². The van der Waals surface area contributed by atoms with Gasteiger partial charge in [-0.25, -0.2) is 0 Å². The van der Waals surface area contributed by atoms with E-state index < -0.39 is 0 Å². The predicted octanol–water partition coefficient (Wildman–Crippen LogP) is 2.77. The molecule has 3 rings (SSSR count). The molecule has 0 saturated heterocycles. The molecule has 21 heavy (non-hydrogen) atoms. The van der Waals surface area contributed by atoms with Crippen LogP contribution >= 0.6 is 0 Å². The Morgan fingerprint density at radius 1 is 1.33 bits per heavy atom. The van der Waals surface area contributed by atoms with Gasteiger partial charge in [0.1, 0.15) is 18.0 Å². The number of nitrogens with zero attached hydrogens (tertiary/aromatic N) is 1. The number of aromatic nitrogens is 1. The van der Waals surface area contributed by atoms with Crippen molar-refractivity contribution in [1.29, 1.82) is 0 Å². The molecule has 1 fully saturated rings. The van der Waals surface area contributed by atoms with Crippen LogP contribution in [0.25, 0.3) is 10.9 Å². The van der Waals surface area contributed by atoms with E-state index >= 15 is 0 Å². The third kappa shape index (κ3) is 3.01. The fourth-order valence-electron chi connectivity index (χ4n) is 2.75. The Morgan fingerprint density at radius 2 is 2.19 bits per heavy atom. The van der Waals surface area contributed by atoms with Gasteiger partial charge in [-0.05, 0) is 25.6 Å². The lowest BCUT2D eigenvalue weighted by Crippen LogP contribution is -2.60. The van der Waals surface area contributed by atoms with Crippen molar-refractivity contribution in [3.05, 3.63) is 36.5 Å². The largest absolute Gasteiger partial charge is 0.486 e. The van der Waals surface area contributed by atoms with Crippen LogP contribution in [-0.4, -0.2) is 36.9 Å². The van der Waals surface area contributed by atoms with E-state index in [0.29, 0.717) is 6.04 Å². The van der Waals surface area contributed by atoms with E-state index in [1.165, 1.54) is 0 Å². The van der Waals surface area contributed by atoms with Crippen LogP contribution in [0.5, 0.6) is 5.75 Å². The number of hydrogen-bond acceptors (Lipinski definition) is 4. The molecule has 1 aliphatic rings. The Kier molecular flexibility index (Phi) is 4.36. The molecule has 0 radical (unpaired) electrons. The lowest BCUT2D eigenvalue weighted by molar-refractivity contribution is -0.106. The second kappa shape index (κ2) is 6.41. The highest BCUT2D eigenvalue weighted by molar-refractivity contribution is 5.79. The van der Waals surface area contributed by atoms with Crippen LogP contribution in [0.3, 0.4) is 0 Å². The van der Waals surface area contributed by atoms with Crippen molar-refractivity contribution in [1.82, 2.24) is 10.3 Å². The fraction of sp³-hybridized carbons (Fsp3) is 0.471. The average Bonchev–Trinajstić information content (AvgIpc) is 2.51. The number of likely N-dealkylation sites (N-methyl/N-ethyl adjacent to an activating group) is 1. The molecule has 3 atom stereocenters. The van der Waals surface area contributed by atoms with Gasteiger partial charge in [0.05, 0.1) is 11.7 Å². The zero-order valence-corrected chi connectivity index (χ0v) is 12.6. The summed E-state index contributed by atoms with van der Waals surface area (Å²) in [5, 5.41) is 4.39. The zero-order valence-electron chi connectivity index (χ0n) is 12.6. The SMILES string of the molecule is CCCOC1C(NC)CC1Oc1cnc2ccccc2c1. The van der Waals surface area contributed by atoms with Crippen molar-refractivity contribution in [2.24, 2.45) is 0 Å². The summed E-state index contributed by atoms with van der Waals surface area (Å²) < 4.78 is 12.0. The Hall–Kier alpha value is -1.65. The molecule has 0 aliphatic heterocycles. The standard InChI is InChI=1S/C17H22N2O2/c1-3-8-20-17-15(18-2)10-16(17)21-13-9-12-6-4-5-7-14(12)19-11-13/h4-7,9,11,15-18H,3,8,10H2,1-2H3. The molecule has 1 N–H and O–H groups in total. The molecule has 1 aromatic heterocycles. The number of rotatable bonds is 6. The maximum absolute atomic E-state index is 6.07. The zero-order chi connectivity index (χ0) is 14.7. The Bertz CT molecular complexity index is 602. The van der Waals surface area contributed by atoms with Gasteiger partial charge in [0.25, 0.3) is 0 Å². The molecule has 3 unspecified atom stereocenters. The smallest absolute Gasteiger partial charge is 0.138 e. The third-order valence-corrected chi connectivity index (χ3v) is 3.99. The first-order chi connectivity index (χ1) is 10.3. The number of pyridine rings is 1. The van der Waals surface area contributed by atoms with Crippen LogP contribution in [-0.2, 0) is 4.74 Å². The molecule has 0 amide bonds. The summed E-state index contributed by atoms with van der Waals surface area (Å²) in [6.45, 7) is 2.90. The highest BCUT2D eigenvalue weighted by Crippen LogP contribution is 2.30. The Labute approximate surface area is 125 Å². The number of fused-ring (bicyclic) bond motifs is 1. The fourth-order valence-corrected chi connectivity index (χ4v) is 2.75. The minimum Gasteiger partial charge on any atom is -0.486 e. The molecule has 4 heteroatoms. The van der Waals surface area contributed by atoms with Gasteiger partial charge in [0.15, 0.2) is 0 Å². The summed E-state index contributed by atoms with van der Waals surface area (Å²) in [7, 11) is 1.97. The quantitative estimate of drug-likeness (QED) is 0.887. The van der Waals surface area contributed by atoms with E-state index in [1.54, 1.807) is 6.20 Å². The molecule has 0 spiro atoms. The van der Waals surface area contributed by atoms with E-state index in [2.05, 4.69) is 23.3 Å². The Morgan fingerprint density at radius 3 is 3.00 bits per heavy atom. The summed E-state index contributed by atoms with van der Waals surface area (Å²) in [4.78, 5) is 4.44. The molecular formula is C17H22N2O2. The lowest BCUT2D eigenvalue weighted by Gasteiger charge is -2.43. The number of ether oxygens (including phenoxy) is 2. The van der Waals surface area contributed by atoms with Crippen molar-refractivity contribution < 1.29 is 9.47 Å². The molecule has 112 valence electrons. The van der Waals surface area contributed by atoms with Gasteiger partial charge in [0, 0.05) is 24.5 Å². The molecular weight excluding hydrogens is 264 g/mol. The minimum atomic E-state index is 0.108. The van der Waals surface area contributed by atoms with Crippen LogP contribution in [0, 0.1) is 0 Å². The molecule has 1 aliphatic carbocycles. The monoisotopic (exact) mass is 286 g/mol. The average molecular weight is 286 g/mol. The molecule has 1 heterocycles. The van der Waals surface area contributed by atoms with E-state index in [-0.39, 0.29) is 12.2 Å². The van der Waals surface area contributed by atoms with Gasteiger partial charge >= 0.3 is 0 Å². The molecule has 1 saturated carbocycles. The molecule has 2 aromatic rings. The summed E-state index contributed by atoms with van der Waals surface area (Å²) in [6, 6.07) is 10.5. The van der Waals surface area contributed by atoms with E-state index in [4.69, 9.17) is 9.47 Å². The van der Waals surface area contributed by atoms with E-state index in [9.17, 15) is 0 Å². The summed E-state index contributed by atoms with van der Waals surface area (Å²) in [5.74, 6) is 0.818. The van der Waals surface area contributed by atoms with Crippen LogP contribution in [0.2, 0.25) is 0 Å². The van der Waals surface area contributed by atoms with Crippen molar-refractivity contribution >= 4 is 10.9 Å². The topological polar surface area (TPSA) is 43.4 Å². The second-order valence-corrected chi connectivity index (χ2v) is 5.49. The first-order valence-electron chi connectivity index (χ1n) is 7.62. The van der Waals surface area contributed by atoms with Gasteiger partial charge < -0.3 is 14.8 Å². The Balaban J connectivity index is 1.69. The maximum Gasteiger partial charge on any atom is 0.138 e. The van der Waals surface area contributed by atoms with Crippen molar-refractivity contribution in [2.75, 3.05) is 13.7 Å². The van der Waals surface area contributed by atoms with Crippen LogP contribution in [0.4, 0.5) is 0 Å². The van der Waals surface area contributed by atoms with Gasteiger partial charge in [-0.15, -0.1) is 0 Å². The highest BCUT2D eigenvalue weighted by atomic mass is 16.5. The molecule has 1 aromatic carbocycles. The van der Waals surface area contributed by atoms with Gasteiger partial charge in [0.2, 0.25) is 0 Å². The number of hydrogen-bond donors (Lipinski definition) is 1. The second-order valence-electron chi connectivity index (χ2n) is 5.49. The van der Waals surface area contributed by atoms with E-state index in [0.717, 1.165) is 36.1 Å². The number of para-hydroxylation sites is 1. The summed E-state index contributed by atoms with van der Waals surface area (Å²) in [6.07, 6.45) is 4.03. The first-order valence-corrected chi connectivity index (χ1v) is 7.62. The van der Waals surface area contributed by atoms with Gasteiger partial charge in [-0.2, -0.15) is 0 Å². The predicted molar refractivity (Wildman–Crippen MR) is 83.7 cm³/mol. The minimum absolute atomic E-state index is 0.108. The van der Waals surface area contributed by atoms with Gasteiger partial charge in [-0.3, -0.25) is 4.98 Å². The lowest BCUT2D eigenvalue weighted by atomic mass is 9.85. The normalized spacial score (nSPS) is 24.8. The van der Waals surface area contributed by atoms with Crippen LogP contribution in [0.1, 0.15) is 19.8 Å². The van der Waals surface area contributed by atoms with Crippen LogP contribution < -0.4 is 10.1 Å². The van der Waals surface area contributed by atoms with Crippen molar-refractivity contribution in [3.8, 4) is 5.75 Å². The first kappa shape index (κ1) is 14.3. The summed E-state index contributed by atoms with van der Waals surface area (Å²) in [5.41, 5.74) is 0.991. The molecule has 0 bridgehead atoms. The number of benzene rings is 1. The van der Waals surface area contributed by atoms with Crippen LogP contribution in [0.15, 0.2) is 36.5 Å². The maximum atomic E-state index is 6.07. The molecule has 4 nitrogen and oxygen atoms in total.